The van der Waals surface area contributed by atoms with Crippen LogP contribution in [0.1, 0.15) is 17.3 Å². The fourth-order valence-electron chi connectivity index (χ4n) is 3.14. The van der Waals surface area contributed by atoms with Gasteiger partial charge in [0.05, 0.1) is 14.2 Å². The Bertz CT molecular complexity index is 849. The van der Waals surface area contributed by atoms with E-state index >= 15 is 0 Å². The highest BCUT2D eigenvalue weighted by atomic mass is 79.9. The zero-order chi connectivity index (χ0) is 19.6. The largest absolute Gasteiger partial charge is 0.497 e. The summed E-state index contributed by atoms with van der Waals surface area (Å²) in [4.78, 5) is 29.2. The van der Waals surface area contributed by atoms with E-state index < -0.39 is 6.04 Å². The Balaban J connectivity index is 1.83. The molecule has 0 aliphatic carbocycles. The number of carbonyl (C=O) groups excluding carboxylic acids is 2. The van der Waals surface area contributed by atoms with Crippen molar-refractivity contribution in [2.75, 3.05) is 32.2 Å². The summed E-state index contributed by atoms with van der Waals surface area (Å²) in [5.41, 5.74) is 1.25. The van der Waals surface area contributed by atoms with Crippen molar-refractivity contribution in [2.24, 2.45) is 0 Å². The topological polar surface area (TPSA) is 59.1 Å². The molecule has 0 unspecified atom stereocenters. The van der Waals surface area contributed by atoms with Gasteiger partial charge in [-0.3, -0.25) is 9.59 Å². The van der Waals surface area contributed by atoms with Gasteiger partial charge in [-0.1, -0.05) is 22.0 Å². The van der Waals surface area contributed by atoms with Crippen molar-refractivity contribution < 1.29 is 19.1 Å². The van der Waals surface area contributed by atoms with Crippen LogP contribution in [0.25, 0.3) is 0 Å². The highest BCUT2D eigenvalue weighted by Crippen LogP contribution is 2.27. The first-order valence-electron chi connectivity index (χ1n) is 8.55. The molecule has 1 fully saturated rings. The lowest BCUT2D eigenvalue weighted by Crippen LogP contribution is -2.57. The molecule has 1 saturated heterocycles. The average molecular weight is 433 g/mol. The second kappa shape index (κ2) is 8.00. The van der Waals surface area contributed by atoms with Gasteiger partial charge < -0.3 is 19.3 Å². The predicted octanol–water partition coefficient (Wildman–Crippen LogP) is 3.34. The molecule has 1 aliphatic rings. The van der Waals surface area contributed by atoms with Crippen LogP contribution in [0, 0.1) is 0 Å². The number of anilines is 1. The molecule has 0 bridgehead atoms. The summed E-state index contributed by atoms with van der Waals surface area (Å²) < 4.78 is 11.4. The lowest BCUT2D eigenvalue weighted by atomic mass is 10.1. The van der Waals surface area contributed by atoms with Crippen LogP contribution in [0.3, 0.4) is 0 Å². The Kier molecular flexibility index (Phi) is 5.70. The standard InChI is InChI=1S/C20H21BrN2O4/c1-13-19(24)23(16-6-4-5-15(21)11-16)8-7-22(13)20(25)14-9-17(26-2)12-18(10-14)27-3/h4-6,9-13H,7-8H2,1-3H3/t13-/m1/s1. The molecule has 27 heavy (non-hydrogen) atoms. The zero-order valence-corrected chi connectivity index (χ0v) is 17.0. The molecule has 2 aromatic carbocycles. The van der Waals surface area contributed by atoms with Gasteiger partial charge in [-0.25, -0.2) is 0 Å². The number of hydrogen-bond acceptors (Lipinski definition) is 4. The first-order chi connectivity index (χ1) is 12.9. The Hall–Kier alpha value is -2.54. The van der Waals surface area contributed by atoms with Crippen LogP contribution in [0.15, 0.2) is 46.9 Å². The van der Waals surface area contributed by atoms with Crippen molar-refractivity contribution in [1.82, 2.24) is 4.90 Å². The fraction of sp³-hybridized carbons (Fsp3) is 0.300. The predicted molar refractivity (Wildman–Crippen MR) is 107 cm³/mol. The third kappa shape index (κ3) is 3.93. The second-order valence-corrected chi connectivity index (χ2v) is 7.16. The highest BCUT2D eigenvalue weighted by Gasteiger charge is 2.35. The molecule has 2 amide bonds. The molecule has 1 aliphatic heterocycles. The monoisotopic (exact) mass is 432 g/mol. The van der Waals surface area contributed by atoms with Gasteiger partial charge in [0, 0.05) is 34.9 Å². The van der Waals surface area contributed by atoms with Crippen molar-refractivity contribution in [2.45, 2.75) is 13.0 Å². The molecule has 2 aromatic rings. The summed E-state index contributed by atoms with van der Waals surface area (Å²) in [5, 5.41) is 0. The van der Waals surface area contributed by atoms with E-state index in [9.17, 15) is 9.59 Å². The summed E-state index contributed by atoms with van der Waals surface area (Å²) in [6, 6.07) is 12.0. The maximum Gasteiger partial charge on any atom is 0.254 e. The molecule has 1 heterocycles. The van der Waals surface area contributed by atoms with Gasteiger partial charge in [0.15, 0.2) is 0 Å². The van der Waals surface area contributed by atoms with Gasteiger partial charge >= 0.3 is 0 Å². The average Bonchev–Trinajstić information content (AvgIpc) is 2.69. The van der Waals surface area contributed by atoms with Crippen molar-refractivity contribution in [3.8, 4) is 11.5 Å². The van der Waals surface area contributed by atoms with Crippen LogP contribution in [0.4, 0.5) is 5.69 Å². The van der Waals surface area contributed by atoms with E-state index in [1.165, 1.54) is 14.2 Å². The molecule has 1 atom stereocenters. The number of rotatable bonds is 4. The van der Waals surface area contributed by atoms with Crippen LogP contribution in [0.5, 0.6) is 11.5 Å². The van der Waals surface area contributed by atoms with Gasteiger partial charge in [-0.2, -0.15) is 0 Å². The highest BCUT2D eigenvalue weighted by molar-refractivity contribution is 9.10. The van der Waals surface area contributed by atoms with Crippen molar-refractivity contribution >= 4 is 33.4 Å². The number of amides is 2. The number of benzene rings is 2. The minimum atomic E-state index is -0.567. The van der Waals surface area contributed by atoms with Crippen molar-refractivity contribution in [3.05, 3.63) is 52.5 Å². The van der Waals surface area contributed by atoms with Gasteiger partial charge in [0.25, 0.3) is 5.91 Å². The maximum absolute atomic E-state index is 13.0. The molecule has 6 nitrogen and oxygen atoms in total. The van der Waals surface area contributed by atoms with Gasteiger partial charge in [0.1, 0.15) is 17.5 Å². The number of piperazine rings is 1. The van der Waals surface area contributed by atoms with E-state index in [1.54, 1.807) is 34.9 Å². The van der Waals surface area contributed by atoms with E-state index in [4.69, 9.17) is 9.47 Å². The zero-order valence-electron chi connectivity index (χ0n) is 15.4. The minimum Gasteiger partial charge on any atom is -0.497 e. The van der Waals surface area contributed by atoms with Gasteiger partial charge in [-0.05, 0) is 37.3 Å². The van der Waals surface area contributed by atoms with Crippen LogP contribution < -0.4 is 14.4 Å². The van der Waals surface area contributed by atoms with Gasteiger partial charge in [0.2, 0.25) is 5.91 Å². The Morgan fingerprint density at radius 3 is 2.33 bits per heavy atom. The van der Waals surface area contributed by atoms with E-state index in [-0.39, 0.29) is 11.8 Å². The van der Waals surface area contributed by atoms with Crippen LogP contribution in [-0.2, 0) is 4.79 Å². The minimum absolute atomic E-state index is 0.109. The normalized spacial score (nSPS) is 17.0. The number of carbonyl (C=O) groups is 2. The lowest BCUT2D eigenvalue weighted by Gasteiger charge is -2.39. The SMILES string of the molecule is COc1cc(OC)cc(C(=O)N2CCN(c3cccc(Br)c3)C(=O)[C@H]2C)c1. The molecule has 0 saturated carbocycles. The summed E-state index contributed by atoms with van der Waals surface area (Å²) >= 11 is 3.43. The number of hydrogen-bond donors (Lipinski definition) is 0. The molecule has 7 heteroatoms. The molecule has 0 N–H and O–H groups in total. The molecular weight excluding hydrogens is 412 g/mol. The molecular formula is C20H21BrN2O4. The first-order valence-corrected chi connectivity index (χ1v) is 9.35. The van der Waals surface area contributed by atoms with E-state index in [1.807, 2.05) is 24.3 Å². The Labute approximate surface area is 166 Å². The van der Waals surface area contributed by atoms with Crippen molar-refractivity contribution in [3.63, 3.8) is 0 Å². The van der Waals surface area contributed by atoms with Crippen molar-refractivity contribution in [1.29, 1.82) is 0 Å². The Morgan fingerprint density at radius 1 is 1.07 bits per heavy atom. The third-order valence-electron chi connectivity index (χ3n) is 4.63. The van der Waals surface area contributed by atoms with E-state index in [0.717, 1.165) is 10.2 Å². The van der Waals surface area contributed by atoms with Crippen LogP contribution in [-0.4, -0.2) is 50.1 Å². The summed E-state index contributed by atoms with van der Waals surface area (Å²) in [6.45, 7) is 2.63. The molecule has 0 spiro atoms. The molecule has 0 radical (unpaired) electrons. The number of halogens is 1. The summed E-state index contributed by atoms with van der Waals surface area (Å²) in [5.74, 6) is 0.735. The third-order valence-corrected chi connectivity index (χ3v) is 5.13. The van der Waals surface area contributed by atoms with Crippen LogP contribution in [0.2, 0.25) is 0 Å². The number of methoxy groups -OCH3 is 2. The van der Waals surface area contributed by atoms with E-state index in [2.05, 4.69) is 15.9 Å². The second-order valence-electron chi connectivity index (χ2n) is 6.25. The summed E-state index contributed by atoms with van der Waals surface area (Å²) in [7, 11) is 3.07. The molecule has 0 aromatic heterocycles. The smallest absolute Gasteiger partial charge is 0.254 e. The summed E-state index contributed by atoms with van der Waals surface area (Å²) in [6.07, 6.45) is 0. The van der Waals surface area contributed by atoms with E-state index in [0.29, 0.717) is 30.2 Å². The Morgan fingerprint density at radius 2 is 1.74 bits per heavy atom. The van der Waals surface area contributed by atoms with Gasteiger partial charge in [-0.15, -0.1) is 0 Å². The maximum atomic E-state index is 13.0. The van der Waals surface area contributed by atoms with Crippen LogP contribution >= 0.6 is 15.9 Å². The number of nitrogens with zero attached hydrogens (tertiary/aromatic N) is 2. The lowest BCUT2D eigenvalue weighted by molar-refractivity contribution is -0.124. The quantitative estimate of drug-likeness (QED) is 0.742. The number of ether oxygens (including phenoxy) is 2. The molecule has 3 rings (SSSR count). The fourth-order valence-corrected chi connectivity index (χ4v) is 3.53. The molecule has 142 valence electrons. The first kappa shape index (κ1) is 19.2.